The fourth-order valence-electron chi connectivity index (χ4n) is 2.84. The van der Waals surface area contributed by atoms with Gasteiger partial charge in [0.1, 0.15) is 11.6 Å². The lowest BCUT2D eigenvalue weighted by Gasteiger charge is -2.21. The van der Waals surface area contributed by atoms with Crippen LogP contribution in [0.1, 0.15) is 6.42 Å². The quantitative estimate of drug-likeness (QED) is 0.912. The largest absolute Gasteiger partial charge is 0.495 e. The lowest BCUT2D eigenvalue weighted by Crippen LogP contribution is -2.23. The van der Waals surface area contributed by atoms with E-state index in [4.69, 9.17) is 16.3 Å². The Labute approximate surface area is 136 Å². The molecule has 0 aliphatic carbocycles. The van der Waals surface area contributed by atoms with Gasteiger partial charge in [0, 0.05) is 25.8 Å². The van der Waals surface area contributed by atoms with Crippen LogP contribution in [0, 0.1) is 5.92 Å². The van der Waals surface area contributed by atoms with Crippen LogP contribution in [-0.2, 0) is 0 Å². The number of hydrogen-bond acceptors (Lipinski definition) is 4. The Morgan fingerprint density at radius 3 is 2.95 bits per heavy atom. The van der Waals surface area contributed by atoms with Gasteiger partial charge in [0.15, 0.2) is 0 Å². The summed E-state index contributed by atoms with van der Waals surface area (Å²) in [5.41, 5.74) is 1.18. The van der Waals surface area contributed by atoms with Crippen LogP contribution in [0.25, 0.3) is 0 Å². The van der Waals surface area contributed by atoms with Crippen molar-refractivity contribution in [3.8, 4) is 5.75 Å². The van der Waals surface area contributed by atoms with E-state index in [1.54, 1.807) is 13.3 Å². The van der Waals surface area contributed by atoms with Gasteiger partial charge in [-0.3, -0.25) is 0 Å². The lowest BCUT2D eigenvalue weighted by molar-refractivity contribution is 0.414. The van der Waals surface area contributed by atoms with Gasteiger partial charge in [-0.15, -0.1) is 0 Å². The molecule has 1 aromatic carbocycles. The fourth-order valence-corrected chi connectivity index (χ4v) is 2.95. The minimum atomic E-state index is 0.599. The molecule has 0 bridgehead atoms. The molecule has 1 saturated heterocycles. The van der Waals surface area contributed by atoms with Gasteiger partial charge >= 0.3 is 0 Å². The predicted molar refractivity (Wildman–Crippen MR) is 91.1 cm³/mol. The summed E-state index contributed by atoms with van der Waals surface area (Å²) in [6.45, 7) is 3.00. The summed E-state index contributed by atoms with van der Waals surface area (Å²) < 4.78 is 5.45. The first-order valence-corrected chi connectivity index (χ1v) is 7.87. The molecule has 1 aliphatic rings. The van der Waals surface area contributed by atoms with E-state index in [1.165, 1.54) is 12.1 Å². The molecular formula is C17H20ClN3O. The highest BCUT2D eigenvalue weighted by molar-refractivity contribution is 6.30. The maximum Gasteiger partial charge on any atom is 0.142 e. The van der Waals surface area contributed by atoms with E-state index in [1.807, 2.05) is 24.3 Å². The number of anilines is 2. The molecule has 0 saturated carbocycles. The average molecular weight is 318 g/mol. The Morgan fingerprint density at radius 2 is 2.18 bits per heavy atom. The number of nitrogens with zero attached hydrogens (tertiary/aromatic N) is 2. The van der Waals surface area contributed by atoms with Gasteiger partial charge < -0.3 is 15.0 Å². The molecule has 3 rings (SSSR count). The van der Waals surface area contributed by atoms with Crippen molar-refractivity contribution < 1.29 is 4.74 Å². The molecule has 0 amide bonds. The second-order valence-electron chi connectivity index (χ2n) is 5.52. The Balaban J connectivity index is 1.57. The number of hydrogen-bond donors (Lipinski definition) is 1. The molecule has 116 valence electrons. The van der Waals surface area contributed by atoms with Crippen LogP contribution in [0.5, 0.6) is 5.75 Å². The molecule has 22 heavy (non-hydrogen) atoms. The van der Waals surface area contributed by atoms with Crippen LogP contribution in [-0.4, -0.2) is 31.7 Å². The van der Waals surface area contributed by atoms with E-state index >= 15 is 0 Å². The molecule has 1 N–H and O–H groups in total. The van der Waals surface area contributed by atoms with Crippen molar-refractivity contribution in [2.75, 3.05) is 37.0 Å². The van der Waals surface area contributed by atoms with Crippen LogP contribution >= 0.6 is 11.6 Å². The zero-order valence-corrected chi connectivity index (χ0v) is 13.4. The minimum Gasteiger partial charge on any atom is -0.495 e. The highest BCUT2D eigenvalue weighted by Gasteiger charge is 2.24. The SMILES string of the molecule is COc1ccccc1N1CC[C@@H](CNc2ccc(Cl)cn2)C1. The molecule has 0 radical (unpaired) electrons. The van der Waals surface area contributed by atoms with Gasteiger partial charge in [-0.25, -0.2) is 4.98 Å². The first kappa shape index (κ1) is 15.0. The number of rotatable bonds is 5. The Bertz CT molecular complexity index is 618. The Hall–Kier alpha value is -1.94. The van der Waals surface area contributed by atoms with Crippen LogP contribution in [0.15, 0.2) is 42.6 Å². The number of para-hydroxylation sites is 2. The second-order valence-corrected chi connectivity index (χ2v) is 5.95. The second kappa shape index (κ2) is 6.88. The van der Waals surface area contributed by atoms with E-state index in [-0.39, 0.29) is 0 Å². The van der Waals surface area contributed by atoms with Gasteiger partial charge in [0.05, 0.1) is 17.8 Å². The van der Waals surface area contributed by atoms with E-state index in [9.17, 15) is 0 Å². The van der Waals surface area contributed by atoms with E-state index in [2.05, 4.69) is 27.3 Å². The number of aromatic nitrogens is 1. The Morgan fingerprint density at radius 1 is 1.32 bits per heavy atom. The molecule has 2 aromatic rings. The van der Waals surface area contributed by atoms with Crippen LogP contribution < -0.4 is 15.0 Å². The zero-order valence-electron chi connectivity index (χ0n) is 12.6. The van der Waals surface area contributed by atoms with E-state index in [0.717, 1.165) is 31.2 Å². The molecule has 1 atom stereocenters. The number of pyridine rings is 1. The summed E-state index contributed by atoms with van der Waals surface area (Å²) in [6.07, 6.45) is 2.83. The number of methoxy groups -OCH3 is 1. The number of nitrogens with one attached hydrogen (secondary N) is 1. The molecule has 0 spiro atoms. The van der Waals surface area contributed by atoms with Gasteiger partial charge in [0.2, 0.25) is 0 Å². The summed E-state index contributed by atoms with van der Waals surface area (Å²) in [6, 6.07) is 12.0. The van der Waals surface area contributed by atoms with Crippen molar-refractivity contribution in [3.63, 3.8) is 0 Å². The number of ether oxygens (including phenoxy) is 1. The van der Waals surface area contributed by atoms with Crippen molar-refractivity contribution in [2.45, 2.75) is 6.42 Å². The van der Waals surface area contributed by atoms with Crippen LogP contribution in [0.3, 0.4) is 0 Å². The molecule has 1 aromatic heterocycles. The third kappa shape index (κ3) is 3.45. The molecule has 4 nitrogen and oxygen atoms in total. The minimum absolute atomic E-state index is 0.599. The molecule has 0 unspecified atom stereocenters. The topological polar surface area (TPSA) is 37.4 Å². The third-order valence-electron chi connectivity index (χ3n) is 4.01. The van der Waals surface area contributed by atoms with Crippen molar-refractivity contribution in [3.05, 3.63) is 47.6 Å². The van der Waals surface area contributed by atoms with Gasteiger partial charge in [-0.1, -0.05) is 23.7 Å². The zero-order chi connectivity index (χ0) is 15.4. The first-order valence-electron chi connectivity index (χ1n) is 7.49. The molecule has 2 heterocycles. The monoisotopic (exact) mass is 317 g/mol. The van der Waals surface area contributed by atoms with Gasteiger partial charge in [0.25, 0.3) is 0 Å². The van der Waals surface area contributed by atoms with Crippen LogP contribution in [0.2, 0.25) is 5.02 Å². The summed E-state index contributed by atoms with van der Waals surface area (Å²) in [4.78, 5) is 6.66. The van der Waals surface area contributed by atoms with Crippen molar-refractivity contribution in [2.24, 2.45) is 5.92 Å². The standard InChI is InChI=1S/C17H20ClN3O/c1-22-16-5-3-2-4-15(16)21-9-8-13(12-21)10-19-17-7-6-14(18)11-20-17/h2-7,11,13H,8-10,12H2,1H3,(H,19,20)/t13-/m0/s1. The molecule has 1 fully saturated rings. The summed E-state index contributed by atoms with van der Waals surface area (Å²) in [5.74, 6) is 2.41. The maximum atomic E-state index is 5.85. The third-order valence-corrected chi connectivity index (χ3v) is 4.23. The van der Waals surface area contributed by atoms with Crippen molar-refractivity contribution in [1.29, 1.82) is 0 Å². The predicted octanol–water partition coefficient (Wildman–Crippen LogP) is 3.68. The highest BCUT2D eigenvalue weighted by Crippen LogP contribution is 2.31. The smallest absolute Gasteiger partial charge is 0.142 e. The summed E-state index contributed by atoms with van der Waals surface area (Å²) >= 11 is 5.85. The lowest BCUT2D eigenvalue weighted by atomic mass is 10.1. The maximum absolute atomic E-state index is 5.85. The number of halogens is 1. The summed E-state index contributed by atoms with van der Waals surface area (Å²) in [7, 11) is 1.72. The highest BCUT2D eigenvalue weighted by atomic mass is 35.5. The van der Waals surface area contributed by atoms with Gasteiger partial charge in [-0.2, -0.15) is 0 Å². The normalized spacial score (nSPS) is 17.5. The summed E-state index contributed by atoms with van der Waals surface area (Å²) in [5, 5.41) is 4.05. The fraction of sp³-hybridized carbons (Fsp3) is 0.353. The van der Waals surface area contributed by atoms with E-state index < -0.39 is 0 Å². The molecule has 1 aliphatic heterocycles. The molecular weight excluding hydrogens is 298 g/mol. The van der Waals surface area contributed by atoms with Crippen molar-refractivity contribution in [1.82, 2.24) is 4.98 Å². The number of benzene rings is 1. The average Bonchev–Trinajstić information content (AvgIpc) is 3.03. The van der Waals surface area contributed by atoms with Crippen LogP contribution in [0.4, 0.5) is 11.5 Å². The molecule has 5 heteroatoms. The van der Waals surface area contributed by atoms with Crippen molar-refractivity contribution >= 4 is 23.1 Å². The first-order chi connectivity index (χ1) is 10.8. The Kier molecular flexibility index (Phi) is 4.68. The van der Waals surface area contributed by atoms with E-state index in [0.29, 0.717) is 10.9 Å². The van der Waals surface area contributed by atoms with Gasteiger partial charge in [-0.05, 0) is 36.6 Å².